The summed E-state index contributed by atoms with van der Waals surface area (Å²) in [6, 6.07) is 20.6. The number of carbonyl (C=O) groups is 1. The summed E-state index contributed by atoms with van der Waals surface area (Å²) in [4.78, 5) is 18.8. The molecule has 3 heteroatoms. The fourth-order valence-electron chi connectivity index (χ4n) is 3.48. The van der Waals surface area contributed by atoms with E-state index in [-0.39, 0.29) is 11.8 Å². The first kappa shape index (κ1) is 14.9. The van der Waals surface area contributed by atoms with Crippen LogP contribution in [0.1, 0.15) is 23.6 Å². The van der Waals surface area contributed by atoms with Gasteiger partial charge in [-0.3, -0.25) is 9.78 Å². The number of hydrogen-bond donors (Lipinski definition) is 0. The van der Waals surface area contributed by atoms with Gasteiger partial charge in [0.15, 0.2) is 0 Å². The predicted molar refractivity (Wildman–Crippen MR) is 95.5 cm³/mol. The number of aromatic nitrogens is 1. The van der Waals surface area contributed by atoms with Gasteiger partial charge >= 0.3 is 0 Å². The van der Waals surface area contributed by atoms with Gasteiger partial charge in [-0.15, -0.1) is 0 Å². The molecule has 3 aromatic rings. The SMILES string of the molecule is CN(Cc1ccccn1)C(=O)[C@H]1C[C@H]1c1cccc2ccccc12. The van der Waals surface area contributed by atoms with E-state index < -0.39 is 0 Å². The van der Waals surface area contributed by atoms with Crippen LogP contribution in [0, 0.1) is 5.92 Å². The van der Waals surface area contributed by atoms with E-state index in [0.29, 0.717) is 12.5 Å². The molecule has 1 aliphatic rings. The number of hydrogen-bond acceptors (Lipinski definition) is 2. The maximum absolute atomic E-state index is 12.7. The minimum absolute atomic E-state index is 0.101. The van der Waals surface area contributed by atoms with Gasteiger partial charge in [0.1, 0.15) is 0 Å². The molecule has 4 rings (SSSR count). The van der Waals surface area contributed by atoms with Crippen molar-refractivity contribution in [2.24, 2.45) is 5.92 Å². The lowest BCUT2D eigenvalue weighted by Gasteiger charge is -2.17. The number of nitrogens with zero attached hydrogens (tertiary/aromatic N) is 2. The summed E-state index contributed by atoms with van der Waals surface area (Å²) in [7, 11) is 1.87. The average molecular weight is 316 g/mol. The second-order valence-electron chi connectivity index (χ2n) is 6.53. The average Bonchev–Trinajstić information content (AvgIpc) is 3.42. The van der Waals surface area contributed by atoms with Gasteiger partial charge in [-0.25, -0.2) is 0 Å². The Morgan fingerprint density at radius 1 is 1.08 bits per heavy atom. The van der Waals surface area contributed by atoms with Crippen molar-refractivity contribution >= 4 is 16.7 Å². The summed E-state index contributed by atoms with van der Waals surface area (Å²) >= 11 is 0. The van der Waals surface area contributed by atoms with Crippen molar-refractivity contribution in [1.82, 2.24) is 9.88 Å². The van der Waals surface area contributed by atoms with Crippen LogP contribution in [-0.4, -0.2) is 22.8 Å². The maximum Gasteiger partial charge on any atom is 0.226 e. The molecule has 1 amide bonds. The summed E-state index contributed by atoms with van der Waals surface area (Å²) in [5.74, 6) is 0.665. The molecule has 1 heterocycles. The van der Waals surface area contributed by atoms with Crippen molar-refractivity contribution in [1.29, 1.82) is 0 Å². The second kappa shape index (κ2) is 6.08. The van der Waals surface area contributed by atoms with Crippen LogP contribution in [0.25, 0.3) is 10.8 Å². The van der Waals surface area contributed by atoms with Gasteiger partial charge in [0.2, 0.25) is 5.91 Å². The number of carbonyl (C=O) groups excluding carboxylic acids is 1. The Balaban J connectivity index is 1.50. The largest absolute Gasteiger partial charge is 0.340 e. The third kappa shape index (κ3) is 2.78. The number of amides is 1. The molecule has 0 saturated heterocycles. The van der Waals surface area contributed by atoms with Crippen LogP contribution < -0.4 is 0 Å². The first-order valence-corrected chi connectivity index (χ1v) is 8.36. The number of fused-ring (bicyclic) bond motifs is 1. The Kier molecular flexibility index (Phi) is 3.77. The van der Waals surface area contributed by atoms with Crippen LogP contribution in [0.3, 0.4) is 0 Å². The molecular weight excluding hydrogens is 296 g/mol. The van der Waals surface area contributed by atoms with Crippen LogP contribution in [0.15, 0.2) is 66.9 Å². The van der Waals surface area contributed by atoms with Gasteiger partial charge in [-0.05, 0) is 40.8 Å². The molecule has 3 nitrogen and oxygen atoms in total. The summed E-state index contributed by atoms with van der Waals surface area (Å²) < 4.78 is 0. The molecule has 2 atom stereocenters. The molecule has 2 aromatic carbocycles. The molecule has 1 aliphatic carbocycles. The first-order valence-electron chi connectivity index (χ1n) is 8.36. The van der Waals surface area contributed by atoms with E-state index in [2.05, 4.69) is 47.4 Å². The van der Waals surface area contributed by atoms with Gasteiger partial charge in [-0.1, -0.05) is 48.5 Å². The predicted octanol–water partition coefficient (Wildman–Crippen LogP) is 4.00. The molecule has 0 bridgehead atoms. The number of rotatable bonds is 4. The quantitative estimate of drug-likeness (QED) is 0.729. The maximum atomic E-state index is 12.7. The highest BCUT2D eigenvalue weighted by molar-refractivity contribution is 5.89. The molecule has 1 fully saturated rings. The fourth-order valence-corrected chi connectivity index (χ4v) is 3.48. The Morgan fingerprint density at radius 2 is 1.88 bits per heavy atom. The molecular formula is C21H20N2O. The Bertz CT molecular complexity index is 870. The summed E-state index contributed by atoms with van der Waals surface area (Å²) in [5, 5.41) is 2.52. The van der Waals surface area contributed by atoms with Crippen LogP contribution >= 0.6 is 0 Å². The van der Waals surface area contributed by atoms with Crippen molar-refractivity contribution in [2.75, 3.05) is 7.05 Å². The Morgan fingerprint density at radius 3 is 2.71 bits per heavy atom. The lowest BCUT2D eigenvalue weighted by atomic mass is 10.00. The number of benzene rings is 2. The molecule has 0 N–H and O–H groups in total. The third-order valence-corrected chi connectivity index (χ3v) is 4.83. The third-order valence-electron chi connectivity index (χ3n) is 4.83. The highest BCUT2D eigenvalue weighted by atomic mass is 16.2. The minimum atomic E-state index is 0.101. The highest BCUT2D eigenvalue weighted by Crippen LogP contribution is 2.50. The van der Waals surface area contributed by atoms with Crippen LogP contribution in [0.4, 0.5) is 0 Å². The van der Waals surface area contributed by atoms with E-state index in [4.69, 9.17) is 0 Å². The van der Waals surface area contributed by atoms with Gasteiger partial charge in [-0.2, -0.15) is 0 Å². The number of pyridine rings is 1. The molecule has 0 unspecified atom stereocenters. The van der Waals surface area contributed by atoms with Gasteiger partial charge < -0.3 is 4.90 Å². The van der Waals surface area contributed by atoms with Crippen molar-refractivity contribution in [2.45, 2.75) is 18.9 Å². The van der Waals surface area contributed by atoms with Crippen molar-refractivity contribution in [3.05, 3.63) is 78.1 Å². The molecule has 0 aliphatic heterocycles. The molecule has 0 radical (unpaired) electrons. The van der Waals surface area contributed by atoms with Crippen molar-refractivity contribution in [3.63, 3.8) is 0 Å². The molecule has 1 aromatic heterocycles. The topological polar surface area (TPSA) is 33.2 Å². The van der Waals surface area contributed by atoms with Crippen LogP contribution in [0.2, 0.25) is 0 Å². The monoisotopic (exact) mass is 316 g/mol. The zero-order valence-corrected chi connectivity index (χ0v) is 13.7. The van der Waals surface area contributed by atoms with Gasteiger partial charge in [0.05, 0.1) is 12.2 Å². The standard InChI is InChI=1S/C21H20N2O/c1-23(14-16-9-4-5-12-22-16)21(24)20-13-19(20)18-11-6-8-15-7-2-3-10-17(15)18/h2-12,19-20H,13-14H2,1H3/t19-,20-/m0/s1. The highest BCUT2D eigenvalue weighted by Gasteiger charge is 2.45. The van der Waals surface area contributed by atoms with Gasteiger partial charge in [0.25, 0.3) is 0 Å². The van der Waals surface area contributed by atoms with E-state index in [1.54, 1.807) is 11.1 Å². The molecule has 1 saturated carbocycles. The smallest absolute Gasteiger partial charge is 0.226 e. The van der Waals surface area contributed by atoms with E-state index in [1.807, 2.05) is 25.2 Å². The van der Waals surface area contributed by atoms with Crippen LogP contribution in [0.5, 0.6) is 0 Å². The van der Waals surface area contributed by atoms with E-state index in [9.17, 15) is 4.79 Å². The lowest BCUT2D eigenvalue weighted by molar-refractivity contribution is -0.131. The minimum Gasteiger partial charge on any atom is -0.340 e. The Labute approximate surface area is 141 Å². The lowest BCUT2D eigenvalue weighted by Crippen LogP contribution is -2.28. The van der Waals surface area contributed by atoms with E-state index >= 15 is 0 Å². The van der Waals surface area contributed by atoms with E-state index in [1.165, 1.54) is 16.3 Å². The molecule has 24 heavy (non-hydrogen) atoms. The second-order valence-corrected chi connectivity index (χ2v) is 6.53. The Hall–Kier alpha value is -2.68. The molecule has 120 valence electrons. The van der Waals surface area contributed by atoms with Crippen molar-refractivity contribution < 1.29 is 4.79 Å². The summed E-state index contributed by atoms with van der Waals surface area (Å²) in [5.41, 5.74) is 2.23. The normalized spacial score (nSPS) is 19.2. The summed E-state index contributed by atoms with van der Waals surface area (Å²) in [6.07, 6.45) is 2.71. The van der Waals surface area contributed by atoms with Crippen LogP contribution in [-0.2, 0) is 11.3 Å². The van der Waals surface area contributed by atoms with Gasteiger partial charge in [0, 0.05) is 19.2 Å². The summed E-state index contributed by atoms with van der Waals surface area (Å²) in [6.45, 7) is 0.568. The fraction of sp³-hybridized carbons (Fsp3) is 0.238. The first-order chi connectivity index (χ1) is 11.7. The zero-order valence-electron chi connectivity index (χ0n) is 13.7. The molecule has 0 spiro atoms. The van der Waals surface area contributed by atoms with Crippen molar-refractivity contribution in [3.8, 4) is 0 Å². The van der Waals surface area contributed by atoms with E-state index in [0.717, 1.165) is 12.1 Å². The zero-order chi connectivity index (χ0) is 16.5.